The van der Waals surface area contributed by atoms with Crippen LogP contribution in [0.4, 0.5) is 17.6 Å². The fraction of sp³-hybridized carbons (Fsp3) is 0.381. The first-order valence-corrected chi connectivity index (χ1v) is 9.75. The Morgan fingerprint density at radius 1 is 1.28 bits per heavy atom. The number of rotatable bonds is 3. The van der Waals surface area contributed by atoms with Gasteiger partial charge in [0.15, 0.2) is 0 Å². The van der Waals surface area contributed by atoms with Gasteiger partial charge in [0.1, 0.15) is 17.9 Å². The molecule has 1 saturated carbocycles. The smallest absolute Gasteiger partial charge is 0.354 e. The van der Waals surface area contributed by atoms with E-state index < -0.39 is 18.0 Å². The zero-order valence-electron chi connectivity index (χ0n) is 15.6. The number of aromatic nitrogens is 1. The van der Waals surface area contributed by atoms with Gasteiger partial charge in [-0.05, 0) is 44.4 Å². The zero-order chi connectivity index (χ0) is 20.9. The third-order valence-corrected chi connectivity index (χ3v) is 6.07. The number of allylic oxidation sites excluding steroid dienone is 2. The molecule has 4 rings (SSSR count). The second kappa shape index (κ2) is 7.10. The van der Waals surface area contributed by atoms with E-state index in [2.05, 4.69) is 6.07 Å². The van der Waals surface area contributed by atoms with Crippen molar-refractivity contribution >= 4 is 28.2 Å². The van der Waals surface area contributed by atoms with Crippen LogP contribution in [0.25, 0.3) is 16.6 Å². The summed E-state index contributed by atoms with van der Waals surface area (Å²) in [5.41, 5.74) is 1.45. The molecule has 1 atom stereocenters. The first kappa shape index (κ1) is 19.8. The fourth-order valence-corrected chi connectivity index (χ4v) is 4.14. The highest BCUT2D eigenvalue weighted by Crippen LogP contribution is 2.44. The van der Waals surface area contributed by atoms with Crippen molar-refractivity contribution in [3.05, 3.63) is 52.5 Å². The van der Waals surface area contributed by atoms with Crippen LogP contribution in [0.2, 0.25) is 5.02 Å². The fourth-order valence-electron chi connectivity index (χ4n) is 3.98. The van der Waals surface area contributed by atoms with E-state index in [1.807, 2.05) is 4.57 Å². The topological polar surface area (TPSA) is 32.0 Å². The highest BCUT2D eigenvalue weighted by atomic mass is 35.5. The molecule has 2 heterocycles. The molecule has 0 N–H and O–H groups in total. The summed E-state index contributed by atoms with van der Waals surface area (Å²) in [6, 6.07) is 3.06. The Hall–Kier alpha value is -2.46. The number of nitriles is 1. The number of nitrogens with zero attached hydrogens (tertiary/aromatic N) is 3. The molecule has 2 aromatic rings. The summed E-state index contributed by atoms with van der Waals surface area (Å²) in [6.07, 6.45) is 3.16. The Morgan fingerprint density at radius 3 is 2.59 bits per heavy atom. The van der Waals surface area contributed by atoms with Gasteiger partial charge >= 0.3 is 6.18 Å². The van der Waals surface area contributed by atoms with E-state index in [1.165, 1.54) is 17.0 Å². The summed E-state index contributed by atoms with van der Waals surface area (Å²) in [5, 5.41) is 10.2. The molecule has 3 nitrogen and oxygen atoms in total. The summed E-state index contributed by atoms with van der Waals surface area (Å²) in [5.74, 6) is -0.661. The van der Waals surface area contributed by atoms with Crippen molar-refractivity contribution in [2.75, 3.05) is 6.54 Å². The molecule has 1 aromatic carbocycles. The molecule has 1 aliphatic carbocycles. The maximum Gasteiger partial charge on any atom is 0.408 e. The van der Waals surface area contributed by atoms with Crippen LogP contribution in [0.5, 0.6) is 0 Å². The van der Waals surface area contributed by atoms with Gasteiger partial charge in [-0.3, -0.25) is 0 Å². The molecule has 152 valence electrons. The van der Waals surface area contributed by atoms with E-state index in [9.17, 15) is 22.8 Å². The Morgan fingerprint density at radius 2 is 2.00 bits per heavy atom. The molecule has 8 heteroatoms. The largest absolute Gasteiger partial charge is 0.408 e. The van der Waals surface area contributed by atoms with Crippen molar-refractivity contribution in [1.29, 1.82) is 5.26 Å². The van der Waals surface area contributed by atoms with E-state index in [0.717, 1.165) is 26.2 Å². The number of benzene rings is 1. The molecular formula is C21H18ClF4N3. The van der Waals surface area contributed by atoms with Crippen molar-refractivity contribution in [3.63, 3.8) is 0 Å². The van der Waals surface area contributed by atoms with Crippen LogP contribution in [-0.2, 0) is 0 Å². The molecule has 0 unspecified atom stereocenters. The molecule has 0 radical (unpaired) electrons. The molecule has 0 spiro atoms. The van der Waals surface area contributed by atoms with Crippen LogP contribution in [0.1, 0.15) is 43.5 Å². The van der Waals surface area contributed by atoms with Crippen LogP contribution in [-0.4, -0.2) is 28.2 Å². The number of hydrogen-bond acceptors (Lipinski definition) is 2. The molecule has 1 aromatic heterocycles. The summed E-state index contributed by atoms with van der Waals surface area (Å²) >= 11 is 6.00. The van der Waals surface area contributed by atoms with E-state index in [0.29, 0.717) is 22.3 Å². The zero-order valence-corrected chi connectivity index (χ0v) is 16.4. The highest BCUT2D eigenvalue weighted by Gasteiger charge is 2.42. The van der Waals surface area contributed by atoms with Crippen molar-refractivity contribution in [2.45, 2.75) is 44.4 Å². The molecule has 0 amide bonds. The maximum absolute atomic E-state index is 14.2. The normalized spacial score (nSPS) is 18.5. The lowest BCUT2D eigenvalue weighted by molar-refractivity contribution is -0.169. The van der Waals surface area contributed by atoms with Crippen molar-refractivity contribution in [3.8, 4) is 6.07 Å². The second-order valence-corrected chi connectivity index (χ2v) is 7.83. The third-order valence-electron chi connectivity index (χ3n) is 5.78. The number of halogens is 5. The van der Waals surface area contributed by atoms with Gasteiger partial charge in [0.2, 0.25) is 0 Å². The van der Waals surface area contributed by atoms with E-state index >= 15 is 0 Å². The number of alkyl halides is 3. The van der Waals surface area contributed by atoms with Crippen molar-refractivity contribution < 1.29 is 17.6 Å². The lowest BCUT2D eigenvalue weighted by Crippen LogP contribution is -2.43. The number of fused-ring (bicyclic) bond motifs is 1. The number of hydrogen-bond donors (Lipinski definition) is 0. The molecule has 0 saturated heterocycles. The Balaban J connectivity index is 2.00. The molecule has 1 fully saturated rings. The minimum atomic E-state index is -4.43. The Kier molecular flexibility index (Phi) is 4.86. The van der Waals surface area contributed by atoms with Gasteiger partial charge < -0.3 is 9.47 Å². The Labute approximate surface area is 170 Å². The van der Waals surface area contributed by atoms with E-state index in [-0.39, 0.29) is 23.2 Å². The van der Waals surface area contributed by atoms with Crippen LogP contribution >= 0.6 is 11.6 Å². The standard InChI is InChI=1S/C21H18ClF4N3/c1-12(21(24,25)26)28-8-3-2-7-18(28)20-15(11-27)14-9-17(23)16(22)10-19(14)29(20)13-5-4-6-13/h2-3,7,9-10,12-13H,4-6,8H2,1H3/t12-/m0/s1. The van der Waals surface area contributed by atoms with Gasteiger partial charge in [0, 0.05) is 18.0 Å². The lowest BCUT2D eigenvalue weighted by Gasteiger charge is -2.37. The third kappa shape index (κ3) is 3.20. The summed E-state index contributed by atoms with van der Waals surface area (Å²) in [6.45, 7) is 1.17. The Bertz CT molecular complexity index is 1070. The summed E-state index contributed by atoms with van der Waals surface area (Å²) < 4.78 is 56.6. The monoisotopic (exact) mass is 423 g/mol. The average Bonchev–Trinajstić information content (AvgIpc) is 2.92. The van der Waals surface area contributed by atoms with Crippen LogP contribution in [0.15, 0.2) is 30.4 Å². The lowest BCUT2D eigenvalue weighted by atomic mass is 9.92. The molecule has 2 aliphatic rings. The predicted molar refractivity (Wildman–Crippen MR) is 104 cm³/mol. The predicted octanol–water partition coefficient (Wildman–Crippen LogP) is 6.19. The van der Waals surface area contributed by atoms with Crippen molar-refractivity contribution in [1.82, 2.24) is 9.47 Å². The summed E-state index contributed by atoms with van der Waals surface area (Å²) in [4.78, 5) is 1.24. The minimum Gasteiger partial charge on any atom is -0.354 e. The minimum absolute atomic E-state index is 0.0333. The van der Waals surface area contributed by atoms with Gasteiger partial charge in [0.05, 0.1) is 27.5 Å². The average molecular weight is 424 g/mol. The van der Waals surface area contributed by atoms with Gasteiger partial charge in [-0.2, -0.15) is 18.4 Å². The molecule has 0 bridgehead atoms. The second-order valence-electron chi connectivity index (χ2n) is 7.42. The van der Waals surface area contributed by atoms with E-state index in [4.69, 9.17) is 11.6 Å². The quantitative estimate of drug-likeness (QED) is 0.551. The first-order valence-electron chi connectivity index (χ1n) is 9.37. The molecular weight excluding hydrogens is 406 g/mol. The van der Waals surface area contributed by atoms with Crippen LogP contribution in [0.3, 0.4) is 0 Å². The van der Waals surface area contributed by atoms with Gasteiger partial charge in [0.25, 0.3) is 0 Å². The van der Waals surface area contributed by atoms with Crippen molar-refractivity contribution in [2.24, 2.45) is 0 Å². The van der Waals surface area contributed by atoms with Gasteiger partial charge in [-0.15, -0.1) is 0 Å². The SMILES string of the molecule is C[C@H](N1CC=CC=C1c1c(C#N)c2cc(F)c(Cl)cc2n1C1CCC1)C(F)(F)F. The van der Waals surface area contributed by atoms with Crippen LogP contribution < -0.4 is 0 Å². The molecule has 1 aliphatic heterocycles. The molecule has 29 heavy (non-hydrogen) atoms. The van der Waals surface area contributed by atoms with Crippen LogP contribution in [0, 0.1) is 17.1 Å². The highest BCUT2D eigenvalue weighted by molar-refractivity contribution is 6.31. The van der Waals surface area contributed by atoms with E-state index in [1.54, 1.807) is 18.2 Å². The van der Waals surface area contributed by atoms with Gasteiger partial charge in [-0.1, -0.05) is 23.8 Å². The first-order chi connectivity index (χ1) is 13.7. The summed E-state index contributed by atoms with van der Waals surface area (Å²) in [7, 11) is 0. The maximum atomic E-state index is 14.2. The van der Waals surface area contributed by atoms with Gasteiger partial charge in [-0.25, -0.2) is 4.39 Å².